The van der Waals surface area contributed by atoms with E-state index in [1.807, 2.05) is 32.2 Å². The van der Waals surface area contributed by atoms with Crippen molar-refractivity contribution in [3.8, 4) is 0 Å². The van der Waals surface area contributed by atoms with Gasteiger partial charge in [0.05, 0.1) is 17.2 Å². The van der Waals surface area contributed by atoms with E-state index < -0.39 is 4.92 Å². The number of nitrogens with zero attached hydrogens (tertiary/aromatic N) is 5. The van der Waals surface area contributed by atoms with Gasteiger partial charge in [0.15, 0.2) is 0 Å². The molecule has 0 aliphatic carbocycles. The fraction of sp³-hybridized carbons (Fsp3) is 0.429. The first-order valence-corrected chi connectivity index (χ1v) is 6.89. The molecule has 8 heteroatoms. The molecule has 0 aromatic carbocycles. The lowest BCUT2D eigenvalue weighted by atomic mass is 10.1. The molecule has 2 heterocycles. The monoisotopic (exact) mass is 304 g/mol. The van der Waals surface area contributed by atoms with E-state index in [1.165, 1.54) is 0 Å². The lowest BCUT2D eigenvalue weighted by molar-refractivity contribution is -0.384. The van der Waals surface area contributed by atoms with Crippen molar-refractivity contribution in [3.63, 3.8) is 0 Å². The maximum absolute atomic E-state index is 11.2. The lowest BCUT2D eigenvalue weighted by Crippen LogP contribution is -2.27. The van der Waals surface area contributed by atoms with Crippen LogP contribution in [0.3, 0.4) is 0 Å². The van der Waals surface area contributed by atoms with Crippen molar-refractivity contribution in [1.82, 2.24) is 19.7 Å². The van der Waals surface area contributed by atoms with Crippen LogP contribution >= 0.6 is 0 Å². The van der Waals surface area contributed by atoms with Gasteiger partial charge in [0, 0.05) is 37.1 Å². The Morgan fingerprint density at radius 2 is 2.23 bits per heavy atom. The fourth-order valence-corrected chi connectivity index (χ4v) is 2.31. The zero-order valence-corrected chi connectivity index (χ0v) is 13.1. The highest BCUT2D eigenvalue weighted by molar-refractivity contribution is 5.59. The molecular formula is C14H20N6O2. The van der Waals surface area contributed by atoms with Crippen molar-refractivity contribution >= 4 is 11.5 Å². The van der Waals surface area contributed by atoms with Gasteiger partial charge in [-0.15, -0.1) is 0 Å². The van der Waals surface area contributed by atoms with Gasteiger partial charge in [-0.2, -0.15) is 5.10 Å². The molecule has 8 nitrogen and oxygen atoms in total. The highest BCUT2D eigenvalue weighted by Gasteiger charge is 2.21. The van der Waals surface area contributed by atoms with Crippen molar-refractivity contribution in [1.29, 1.82) is 0 Å². The fourth-order valence-electron chi connectivity index (χ4n) is 2.31. The third-order valence-corrected chi connectivity index (χ3v) is 3.50. The minimum Gasteiger partial charge on any atom is -0.362 e. The van der Waals surface area contributed by atoms with E-state index in [1.54, 1.807) is 30.1 Å². The average Bonchev–Trinajstić information content (AvgIpc) is 2.84. The quantitative estimate of drug-likeness (QED) is 0.646. The van der Waals surface area contributed by atoms with Crippen molar-refractivity contribution in [2.75, 3.05) is 26.0 Å². The van der Waals surface area contributed by atoms with Gasteiger partial charge >= 0.3 is 5.69 Å². The van der Waals surface area contributed by atoms with Crippen LogP contribution in [0.5, 0.6) is 0 Å². The molecular weight excluding hydrogens is 284 g/mol. The van der Waals surface area contributed by atoms with Gasteiger partial charge in [0.2, 0.25) is 5.82 Å². The van der Waals surface area contributed by atoms with Crippen molar-refractivity contribution < 1.29 is 4.92 Å². The maximum Gasteiger partial charge on any atom is 0.314 e. The van der Waals surface area contributed by atoms with Crippen molar-refractivity contribution in [2.45, 2.75) is 13.0 Å². The number of hydrogen-bond acceptors (Lipinski definition) is 6. The summed E-state index contributed by atoms with van der Waals surface area (Å²) in [7, 11) is 5.77. The highest BCUT2D eigenvalue weighted by Crippen LogP contribution is 2.26. The summed E-state index contributed by atoms with van der Waals surface area (Å²) in [6, 6.07) is 1.67. The summed E-state index contributed by atoms with van der Waals surface area (Å²) in [5.41, 5.74) is 1.65. The molecule has 2 rings (SSSR count). The van der Waals surface area contributed by atoms with E-state index in [4.69, 9.17) is 0 Å². The second-order valence-electron chi connectivity index (χ2n) is 5.39. The second kappa shape index (κ2) is 6.52. The molecule has 0 fully saturated rings. The molecule has 0 radical (unpaired) electrons. The standard InChI is InChI=1S/C14H20N6O2/c1-10-5-6-15-14(13(10)20(21)22)16-8-12(18(2)3)11-7-17-19(4)9-11/h5-7,9,12H,8H2,1-4H3,(H,15,16). The Kier molecular flexibility index (Phi) is 4.71. The number of nitrogens with one attached hydrogen (secondary N) is 1. The van der Waals surface area contributed by atoms with Gasteiger partial charge in [0.1, 0.15) is 0 Å². The smallest absolute Gasteiger partial charge is 0.314 e. The molecule has 0 aliphatic heterocycles. The number of pyridine rings is 1. The zero-order valence-electron chi connectivity index (χ0n) is 13.1. The minimum atomic E-state index is -0.403. The minimum absolute atomic E-state index is 0.0196. The Labute approximate surface area is 128 Å². The average molecular weight is 304 g/mol. The van der Waals surface area contributed by atoms with E-state index in [9.17, 15) is 10.1 Å². The summed E-state index contributed by atoms with van der Waals surface area (Å²) in [5, 5.41) is 18.5. The van der Waals surface area contributed by atoms with Gasteiger partial charge < -0.3 is 10.2 Å². The van der Waals surface area contributed by atoms with Crippen LogP contribution in [0, 0.1) is 17.0 Å². The largest absolute Gasteiger partial charge is 0.362 e. The zero-order chi connectivity index (χ0) is 16.3. The number of aryl methyl sites for hydroxylation is 2. The van der Waals surface area contributed by atoms with Crippen LogP contribution in [-0.4, -0.2) is 45.2 Å². The van der Waals surface area contributed by atoms with E-state index in [2.05, 4.69) is 15.4 Å². The summed E-state index contributed by atoms with van der Waals surface area (Å²) >= 11 is 0. The number of hydrogen-bond donors (Lipinski definition) is 1. The molecule has 22 heavy (non-hydrogen) atoms. The molecule has 118 valence electrons. The summed E-state index contributed by atoms with van der Waals surface area (Å²) in [4.78, 5) is 16.9. The third-order valence-electron chi connectivity index (χ3n) is 3.50. The van der Waals surface area contributed by atoms with Crippen LogP contribution in [0.2, 0.25) is 0 Å². The van der Waals surface area contributed by atoms with Gasteiger partial charge in [-0.3, -0.25) is 14.8 Å². The molecule has 0 saturated carbocycles. The number of rotatable bonds is 6. The van der Waals surface area contributed by atoms with Gasteiger partial charge in [-0.1, -0.05) is 0 Å². The van der Waals surface area contributed by atoms with Crippen LogP contribution in [0.1, 0.15) is 17.2 Å². The van der Waals surface area contributed by atoms with Gasteiger partial charge in [-0.05, 0) is 27.1 Å². The molecule has 2 aromatic heterocycles. The normalized spacial score (nSPS) is 12.4. The first kappa shape index (κ1) is 15.9. The molecule has 0 amide bonds. The molecule has 0 bridgehead atoms. The van der Waals surface area contributed by atoms with Crippen LogP contribution in [0.15, 0.2) is 24.7 Å². The van der Waals surface area contributed by atoms with Gasteiger partial charge in [0.25, 0.3) is 0 Å². The number of aromatic nitrogens is 3. The Morgan fingerprint density at radius 3 is 2.77 bits per heavy atom. The molecule has 0 aliphatic rings. The Bertz CT molecular complexity index is 667. The summed E-state index contributed by atoms with van der Waals surface area (Å²) in [6.45, 7) is 2.20. The summed E-state index contributed by atoms with van der Waals surface area (Å²) in [5.74, 6) is 0.292. The molecule has 0 saturated heterocycles. The van der Waals surface area contributed by atoms with Gasteiger partial charge in [-0.25, -0.2) is 4.98 Å². The Morgan fingerprint density at radius 1 is 1.50 bits per heavy atom. The summed E-state index contributed by atoms with van der Waals surface area (Å²) < 4.78 is 1.74. The molecule has 2 aromatic rings. The highest BCUT2D eigenvalue weighted by atomic mass is 16.6. The maximum atomic E-state index is 11.2. The third kappa shape index (κ3) is 3.40. The SMILES string of the molecule is Cc1ccnc(NCC(c2cnn(C)c2)N(C)C)c1[N+](=O)[O-]. The number of nitro groups is 1. The molecule has 1 unspecified atom stereocenters. The predicted molar refractivity (Wildman–Crippen MR) is 83.8 cm³/mol. The van der Waals surface area contributed by atoms with E-state index in [0.29, 0.717) is 17.9 Å². The number of likely N-dealkylation sites (N-methyl/N-ethyl adjacent to an activating group) is 1. The first-order valence-electron chi connectivity index (χ1n) is 6.89. The van der Waals surface area contributed by atoms with Crippen LogP contribution in [0.4, 0.5) is 11.5 Å². The first-order chi connectivity index (χ1) is 10.4. The van der Waals surface area contributed by atoms with Crippen molar-refractivity contribution in [2.24, 2.45) is 7.05 Å². The Balaban J connectivity index is 2.20. The topological polar surface area (TPSA) is 89.1 Å². The Hall–Kier alpha value is -2.48. The molecule has 1 atom stereocenters. The van der Waals surface area contributed by atoms with E-state index >= 15 is 0 Å². The van der Waals surface area contributed by atoms with E-state index in [-0.39, 0.29) is 11.7 Å². The second-order valence-corrected chi connectivity index (χ2v) is 5.39. The number of anilines is 1. The molecule has 0 spiro atoms. The summed E-state index contributed by atoms with van der Waals surface area (Å²) in [6.07, 6.45) is 5.30. The van der Waals surface area contributed by atoms with E-state index in [0.717, 1.165) is 5.56 Å². The van der Waals surface area contributed by atoms with Crippen LogP contribution in [0.25, 0.3) is 0 Å². The van der Waals surface area contributed by atoms with Crippen LogP contribution in [-0.2, 0) is 7.05 Å². The van der Waals surface area contributed by atoms with Crippen molar-refractivity contribution in [3.05, 3.63) is 45.9 Å². The van der Waals surface area contributed by atoms with Crippen LogP contribution < -0.4 is 5.32 Å². The predicted octanol–water partition coefficient (Wildman–Crippen LogP) is 1.75. The molecule has 1 N–H and O–H groups in total. The lowest BCUT2D eigenvalue weighted by Gasteiger charge is -2.23.